The number of halogens is 1. The van der Waals surface area contributed by atoms with Crippen LogP contribution in [-0.4, -0.2) is 22.4 Å². The Labute approximate surface area is 149 Å². The molecule has 0 radical (unpaired) electrons. The summed E-state index contributed by atoms with van der Waals surface area (Å²) in [6.07, 6.45) is 2.49. The number of aromatic nitrogens is 2. The summed E-state index contributed by atoms with van der Waals surface area (Å²) in [5, 5.41) is 4.27. The zero-order chi connectivity index (χ0) is 16.9. The van der Waals surface area contributed by atoms with E-state index in [2.05, 4.69) is 15.3 Å². The molecule has 4 nitrogen and oxygen atoms in total. The van der Waals surface area contributed by atoms with E-state index in [4.69, 9.17) is 11.6 Å². The SMILES string of the molecule is Cc1nc(-c2ccccn2)sc1CCNC(=O)c1ccccc1Cl. The largest absolute Gasteiger partial charge is 0.352 e. The molecule has 1 amide bonds. The van der Waals surface area contributed by atoms with Gasteiger partial charge in [-0.3, -0.25) is 9.78 Å². The number of carbonyl (C=O) groups excluding carboxylic acids is 1. The maximum absolute atomic E-state index is 12.1. The number of nitrogens with zero attached hydrogens (tertiary/aromatic N) is 2. The van der Waals surface area contributed by atoms with Crippen LogP contribution in [0.25, 0.3) is 10.7 Å². The zero-order valence-corrected chi connectivity index (χ0v) is 14.7. The normalized spacial score (nSPS) is 10.6. The van der Waals surface area contributed by atoms with Crippen molar-refractivity contribution in [2.75, 3.05) is 6.54 Å². The molecular weight excluding hydrogens is 342 g/mol. The van der Waals surface area contributed by atoms with E-state index >= 15 is 0 Å². The third kappa shape index (κ3) is 3.80. The van der Waals surface area contributed by atoms with Gasteiger partial charge in [0.05, 0.1) is 22.0 Å². The second kappa shape index (κ2) is 7.55. The monoisotopic (exact) mass is 357 g/mol. The second-order valence-electron chi connectivity index (χ2n) is 5.23. The van der Waals surface area contributed by atoms with Crippen LogP contribution >= 0.6 is 22.9 Å². The fourth-order valence-corrected chi connectivity index (χ4v) is 3.55. The van der Waals surface area contributed by atoms with E-state index in [9.17, 15) is 4.79 Å². The smallest absolute Gasteiger partial charge is 0.252 e. The Balaban J connectivity index is 1.62. The third-order valence-corrected chi connectivity index (χ3v) is 5.10. The van der Waals surface area contributed by atoms with E-state index in [0.29, 0.717) is 17.1 Å². The van der Waals surface area contributed by atoms with E-state index in [1.54, 1.807) is 41.8 Å². The van der Waals surface area contributed by atoms with Crippen LogP contribution in [0, 0.1) is 6.92 Å². The number of carbonyl (C=O) groups is 1. The van der Waals surface area contributed by atoms with Crippen LogP contribution in [0.3, 0.4) is 0 Å². The lowest BCUT2D eigenvalue weighted by molar-refractivity contribution is 0.0954. The number of amides is 1. The summed E-state index contributed by atoms with van der Waals surface area (Å²) in [5.41, 5.74) is 2.35. The Kier molecular flexibility index (Phi) is 5.23. The summed E-state index contributed by atoms with van der Waals surface area (Å²) >= 11 is 7.65. The molecule has 0 atom stereocenters. The summed E-state index contributed by atoms with van der Waals surface area (Å²) in [7, 11) is 0. The molecule has 2 heterocycles. The number of thiazole rings is 1. The molecule has 6 heteroatoms. The van der Waals surface area contributed by atoms with Gasteiger partial charge in [0.2, 0.25) is 0 Å². The average molecular weight is 358 g/mol. The highest BCUT2D eigenvalue weighted by Gasteiger charge is 2.12. The lowest BCUT2D eigenvalue weighted by Crippen LogP contribution is -2.25. The number of pyridine rings is 1. The van der Waals surface area contributed by atoms with Crippen molar-refractivity contribution >= 4 is 28.8 Å². The quantitative estimate of drug-likeness (QED) is 0.746. The summed E-state index contributed by atoms with van der Waals surface area (Å²) in [6, 6.07) is 12.8. The van der Waals surface area contributed by atoms with Gasteiger partial charge in [0.15, 0.2) is 0 Å². The van der Waals surface area contributed by atoms with Crippen molar-refractivity contribution in [1.82, 2.24) is 15.3 Å². The van der Waals surface area contributed by atoms with E-state index in [0.717, 1.165) is 27.7 Å². The number of hydrogen-bond acceptors (Lipinski definition) is 4. The topological polar surface area (TPSA) is 54.9 Å². The maximum Gasteiger partial charge on any atom is 0.252 e. The average Bonchev–Trinajstić information content (AvgIpc) is 2.97. The van der Waals surface area contributed by atoms with Crippen LogP contribution in [0.15, 0.2) is 48.7 Å². The Bertz CT molecular complexity index is 848. The molecule has 0 aliphatic heterocycles. The predicted octanol–water partition coefficient (Wildman–Crippen LogP) is 4.14. The summed E-state index contributed by atoms with van der Waals surface area (Å²) in [6.45, 7) is 2.52. The van der Waals surface area contributed by atoms with Gasteiger partial charge in [-0.1, -0.05) is 29.8 Å². The predicted molar refractivity (Wildman–Crippen MR) is 97.6 cm³/mol. The standard InChI is InChI=1S/C18H16ClN3OS/c1-12-16(24-18(22-12)15-8-4-5-10-20-15)9-11-21-17(23)13-6-2-3-7-14(13)19/h2-8,10H,9,11H2,1H3,(H,21,23). The molecule has 122 valence electrons. The first-order valence-corrected chi connectivity index (χ1v) is 8.75. The highest BCUT2D eigenvalue weighted by Crippen LogP contribution is 2.26. The second-order valence-corrected chi connectivity index (χ2v) is 6.72. The van der Waals surface area contributed by atoms with Crippen LogP contribution in [0.1, 0.15) is 20.9 Å². The van der Waals surface area contributed by atoms with Gasteiger partial charge >= 0.3 is 0 Å². The van der Waals surface area contributed by atoms with Gasteiger partial charge in [0.1, 0.15) is 5.01 Å². The van der Waals surface area contributed by atoms with Crippen molar-refractivity contribution in [1.29, 1.82) is 0 Å². The van der Waals surface area contributed by atoms with Crippen molar-refractivity contribution in [3.8, 4) is 10.7 Å². The first-order chi connectivity index (χ1) is 11.6. The summed E-state index contributed by atoms with van der Waals surface area (Å²) in [5.74, 6) is -0.160. The highest BCUT2D eigenvalue weighted by atomic mass is 35.5. The molecular formula is C18H16ClN3OS. The Morgan fingerprint density at radius 2 is 2.00 bits per heavy atom. The van der Waals surface area contributed by atoms with Crippen molar-refractivity contribution in [3.63, 3.8) is 0 Å². The molecule has 2 aromatic heterocycles. The van der Waals surface area contributed by atoms with E-state index in [1.807, 2.05) is 25.1 Å². The zero-order valence-electron chi connectivity index (χ0n) is 13.1. The molecule has 1 aromatic carbocycles. The molecule has 0 fully saturated rings. The minimum Gasteiger partial charge on any atom is -0.352 e. The molecule has 0 aliphatic carbocycles. The number of aryl methyl sites for hydroxylation is 1. The molecule has 0 saturated carbocycles. The molecule has 0 saturated heterocycles. The highest BCUT2D eigenvalue weighted by molar-refractivity contribution is 7.15. The lowest BCUT2D eigenvalue weighted by atomic mass is 10.2. The number of hydrogen-bond donors (Lipinski definition) is 1. The van der Waals surface area contributed by atoms with Crippen LogP contribution in [-0.2, 0) is 6.42 Å². The molecule has 3 rings (SSSR count). The van der Waals surface area contributed by atoms with Crippen LogP contribution in [0.5, 0.6) is 0 Å². The fraction of sp³-hybridized carbons (Fsp3) is 0.167. The van der Waals surface area contributed by atoms with Gasteiger partial charge in [-0.25, -0.2) is 4.98 Å². The minimum absolute atomic E-state index is 0.160. The first kappa shape index (κ1) is 16.6. The molecule has 0 aliphatic rings. The van der Waals surface area contributed by atoms with Crippen molar-refractivity contribution in [2.24, 2.45) is 0 Å². The fourth-order valence-electron chi connectivity index (χ4n) is 2.29. The third-order valence-electron chi connectivity index (χ3n) is 3.53. The van der Waals surface area contributed by atoms with E-state index in [1.165, 1.54) is 0 Å². The van der Waals surface area contributed by atoms with Crippen molar-refractivity contribution < 1.29 is 4.79 Å². The van der Waals surface area contributed by atoms with Gasteiger partial charge in [0, 0.05) is 24.0 Å². The molecule has 1 N–H and O–H groups in total. The van der Waals surface area contributed by atoms with Gasteiger partial charge < -0.3 is 5.32 Å². The van der Waals surface area contributed by atoms with Gasteiger partial charge in [-0.2, -0.15) is 0 Å². The van der Waals surface area contributed by atoms with Crippen LogP contribution in [0.4, 0.5) is 0 Å². The maximum atomic E-state index is 12.1. The lowest BCUT2D eigenvalue weighted by Gasteiger charge is -2.06. The van der Waals surface area contributed by atoms with Crippen molar-refractivity contribution in [3.05, 3.63) is 69.8 Å². The Hall–Kier alpha value is -2.24. The molecule has 3 aromatic rings. The molecule has 0 unspecified atom stereocenters. The molecule has 0 bridgehead atoms. The van der Waals surface area contributed by atoms with E-state index < -0.39 is 0 Å². The molecule has 24 heavy (non-hydrogen) atoms. The minimum atomic E-state index is -0.160. The Morgan fingerprint density at radius 1 is 1.21 bits per heavy atom. The summed E-state index contributed by atoms with van der Waals surface area (Å²) in [4.78, 5) is 22.2. The first-order valence-electron chi connectivity index (χ1n) is 7.55. The van der Waals surface area contributed by atoms with Gasteiger partial charge in [0.25, 0.3) is 5.91 Å². The van der Waals surface area contributed by atoms with Crippen LogP contribution < -0.4 is 5.32 Å². The van der Waals surface area contributed by atoms with Gasteiger partial charge in [-0.15, -0.1) is 11.3 Å². The van der Waals surface area contributed by atoms with Gasteiger partial charge in [-0.05, 0) is 31.2 Å². The van der Waals surface area contributed by atoms with E-state index in [-0.39, 0.29) is 5.91 Å². The number of benzene rings is 1. The van der Waals surface area contributed by atoms with Crippen molar-refractivity contribution in [2.45, 2.75) is 13.3 Å². The number of rotatable bonds is 5. The number of nitrogens with one attached hydrogen (secondary N) is 1. The van der Waals surface area contributed by atoms with Crippen LogP contribution in [0.2, 0.25) is 5.02 Å². The summed E-state index contributed by atoms with van der Waals surface area (Å²) < 4.78 is 0. The Morgan fingerprint density at radius 3 is 2.75 bits per heavy atom. The molecule has 0 spiro atoms.